The number of pyridine rings is 1. The van der Waals surface area contributed by atoms with Crippen molar-refractivity contribution in [2.75, 3.05) is 17.3 Å². The smallest absolute Gasteiger partial charge is 0.353 e. The monoisotopic (exact) mass is 492 g/mol. The second-order valence-corrected chi connectivity index (χ2v) is 8.49. The minimum atomic E-state index is -4.48. The van der Waals surface area contributed by atoms with E-state index in [0.717, 1.165) is 11.6 Å². The molecule has 1 aliphatic rings. The Balaban J connectivity index is 1.32. The molecule has 0 spiro atoms. The zero-order chi connectivity index (χ0) is 24.9. The molecule has 5 heterocycles. The molecule has 0 fully saturated rings. The summed E-state index contributed by atoms with van der Waals surface area (Å²) < 4.78 is 68.3. The SMILES string of the molecule is C[C@H]1Cn2c(C(F)F)cc3nc(NCc4cnn(Cc5ccc(C(F)(F)F)nc5)c4)nc(c32)N1C. The largest absolute Gasteiger partial charge is 0.433 e. The van der Waals surface area contributed by atoms with Gasteiger partial charge in [-0.1, -0.05) is 6.07 Å². The lowest BCUT2D eigenvalue weighted by Gasteiger charge is -2.32. The number of nitrogens with one attached hydrogen (secondary N) is 1. The third kappa shape index (κ3) is 4.37. The lowest BCUT2D eigenvalue weighted by atomic mass is 10.2. The Morgan fingerprint density at radius 1 is 1.14 bits per heavy atom. The van der Waals surface area contributed by atoms with Crippen molar-refractivity contribution in [3.05, 3.63) is 59.3 Å². The number of hydrogen-bond donors (Lipinski definition) is 1. The molecule has 0 radical (unpaired) electrons. The van der Waals surface area contributed by atoms with Crippen LogP contribution in [0.3, 0.4) is 0 Å². The molecule has 0 aromatic carbocycles. The standard InChI is InChI=1S/C22H21F5N8/c1-12-9-35-16(19(23)24)5-15-18(35)20(33(12)2)32-21(31-15)29-7-14-8-30-34(11-14)10-13-3-4-17(28-6-13)22(25,26)27/h3-6,8,11-12,19H,7,9-10H2,1-2H3,(H,29,31,32)/t12-/m0/s1. The number of likely N-dealkylation sites (N-methyl/N-ethyl adjacent to an activating group) is 1. The molecule has 0 bridgehead atoms. The molecule has 0 aliphatic carbocycles. The highest BCUT2D eigenvalue weighted by Crippen LogP contribution is 2.36. The van der Waals surface area contributed by atoms with Crippen LogP contribution in [0.1, 0.15) is 35.9 Å². The summed E-state index contributed by atoms with van der Waals surface area (Å²) >= 11 is 0. The fourth-order valence-corrected chi connectivity index (χ4v) is 4.10. The number of hydrogen-bond acceptors (Lipinski definition) is 6. The summed E-state index contributed by atoms with van der Waals surface area (Å²) in [4.78, 5) is 14.4. The Hall–Kier alpha value is -3.77. The van der Waals surface area contributed by atoms with Crippen LogP contribution in [0.5, 0.6) is 0 Å². The van der Waals surface area contributed by atoms with Crippen molar-refractivity contribution in [1.82, 2.24) is 29.3 Å². The minimum absolute atomic E-state index is 0.0173. The van der Waals surface area contributed by atoms with Gasteiger partial charge < -0.3 is 14.8 Å². The maximum atomic E-state index is 13.6. The average molecular weight is 492 g/mol. The first-order valence-electron chi connectivity index (χ1n) is 10.8. The number of halogens is 5. The van der Waals surface area contributed by atoms with Gasteiger partial charge in [0.1, 0.15) is 11.2 Å². The maximum Gasteiger partial charge on any atom is 0.433 e. The van der Waals surface area contributed by atoms with Gasteiger partial charge in [-0.15, -0.1) is 0 Å². The molecule has 4 aromatic rings. The van der Waals surface area contributed by atoms with Crippen LogP contribution in [-0.2, 0) is 25.8 Å². The first kappa shape index (κ1) is 23.0. The van der Waals surface area contributed by atoms with Gasteiger partial charge in [-0.25, -0.2) is 13.8 Å². The van der Waals surface area contributed by atoms with E-state index in [9.17, 15) is 22.0 Å². The number of anilines is 2. The van der Waals surface area contributed by atoms with E-state index in [-0.39, 0.29) is 18.3 Å². The van der Waals surface area contributed by atoms with Crippen molar-refractivity contribution in [2.24, 2.45) is 0 Å². The van der Waals surface area contributed by atoms with Gasteiger partial charge in [0.05, 0.1) is 24.0 Å². The molecule has 184 valence electrons. The molecular weight excluding hydrogens is 471 g/mol. The van der Waals surface area contributed by atoms with E-state index in [4.69, 9.17) is 0 Å². The molecule has 1 N–H and O–H groups in total. The Bertz CT molecular complexity index is 1360. The van der Waals surface area contributed by atoms with Crippen molar-refractivity contribution >= 4 is 22.8 Å². The Labute approximate surface area is 196 Å². The molecule has 8 nitrogen and oxygen atoms in total. The summed E-state index contributed by atoms with van der Waals surface area (Å²) in [7, 11) is 1.87. The summed E-state index contributed by atoms with van der Waals surface area (Å²) in [6.07, 6.45) is -2.56. The van der Waals surface area contributed by atoms with Crippen LogP contribution < -0.4 is 10.2 Å². The second-order valence-electron chi connectivity index (χ2n) is 8.49. The van der Waals surface area contributed by atoms with Crippen LogP contribution in [0.15, 0.2) is 36.8 Å². The molecule has 4 aromatic heterocycles. The van der Waals surface area contributed by atoms with E-state index < -0.39 is 18.3 Å². The van der Waals surface area contributed by atoms with Gasteiger partial charge in [-0.05, 0) is 24.6 Å². The topological polar surface area (TPSA) is 76.7 Å². The van der Waals surface area contributed by atoms with E-state index in [1.54, 1.807) is 21.6 Å². The first-order chi connectivity index (χ1) is 16.6. The third-order valence-electron chi connectivity index (χ3n) is 6.02. The quantitative estimate of drug-likeness (QED) is 0.400. The van der Waals surface area contributed by atoms with Crippen LogP contribution in [0.4, 0.5) is 33.7 Å². The van der Waals surface area contributed by atoms with Gasteiger partial charge >= 0.3 is 6.18 Å². The number of aromatic nitrogens is 6. The van der Waals surface area contributed by atoms with E-state index >= 15 is 0 Å². The summed E-state index contributed by atoms with van der Waals surface area (Å²) in [5.41, 5.74) is 1.37. The summed E-state index contributed by atoms with van der Waals surface area (Å²) in [5.74, 6) is 0.875. The highest BCUT2D eigenvalue weighted by molar-refractivity contribution is 5.90. The van der Waals surface area contributed by atoms with Crippen molar-refractivity contribution in [3.63, 3.8) is 0 Å². The molecule has 1 aliphatic heterocycles. The minimum Gasteiger partial charge on any atom is -0.353 e. The van der Waals surface area contributed by atoms with Crippen LogP contribution in [0.2, 0.25) is 0 Å². The lowest BCUT2D eigenvalue weighted by Crippen LogP contribution is -2.37. The van der Waals surface area contributed by atoms with Crippen molar-refractivity contribution in [2.45, 2.75) is 45.2 Å². The molecule has 0 amide bonds. The zero-order valence-corrected chi connectivity index (χ0v) is 18.8. The van der Waals surface area contributed by atoms with Gasteiger partial charge in [-0.2, -0.15) is 23.3 Å². The zero-order valence-electron chi connectivity index (χ0n) is 18.8. The fraction of sp³-hybridized carbons (Fsp3) is 0.364. The first-order valence-corrected chi connectivity index (χ1v) is 10.8. The number of alkyl halides is 5. The number of rotatable bonds is 6. The van der Waals surface area contributed by atoms with Gasteiger partial charge in [0, 0.05) is 44.1 Å². The molecule has 13 heteroatoms. The lowest BCUT2D eigenvalue weighted by molar-refractivity contribution is -0.141. The summed E-state index contributed by atoms with van der Waals surface area (Å²) in [6.45, 7) is 2.94. The van der Waals surface area contributed by atoms with Gasteiger partial charge in [0.15, 0.2) is 5.82 Å². The average Bonchev–Trinajstić information content (AvgIpc) is 3.40. The van der Waals surface area contributed by atoms with Gasteiger partial charge in [-0.3, -0.25) is 9.67 Å². The van der Waals surface area contributed by atoms with Crippen molar-refractivity contribution in [1.29, 1.82) is 0 Å². The molecule has 0 unspecified atom stereocenters. The van der Waals surface area contributed by atoms with E-state index in [1.807, 2.05) is 18.9 Å². The van der Waals surface area contributed by atoms with Crippen LogP contribution >= 0.6 is 0 Å². The molecule has 0 saturated heterocycles. The molecule has 35 heavy (non-hydrogen) atoms. The normalized spacial score (nSPS) is 15.9. The molecule has 5 rings (SSSR count). The molecule has 1 atom stereocenters. The molecular formula is C22H21F5N8. The van der Waals surface area contributed by atoms with Crippen LogP contribution in [0.25, 0.3) is 11.0 Å². The van der Waals surface area contributed by atoms with Crippen molar-refractivity contribution < 1.29 is 22.0 Å². The van der Waals surface area contributed by atoms with E-state index in [0.29, 0.717) is 41.5 Å². The predicted octanol–water partition coefficient (Wildman–Crippen LogP) is 4.48. The third-order valence-corrected chi connectivity index (χ3v) is 6.02. The number of nitrogens with zero attached hydrogens (tertiary/aromatic N) is 7. The van der Waals surface area contributed by atoms with Gasteiger partial charge in [0.2, 0.25) is 5.95 Å². The van der Waals surface area contributed by atoms with Crippen molar-refractivity contribution in [3.8, 4) is 0 Å². The maximum absolute atomic E-state index is 13.6. The Morgan fingerprint density at radius 3 is 2.63 bits per heavy atom. The van der Waals surface area contributed by atoms with Gasteiger partial charge in [0.25, 0.3) is 6.43 Å². The highest BCUT2D eigenvalue weighted by atomic mass is 19.4. The molecule has 0 saturated carbocycles. The van der Waals surface area contributed by atoms with Crippen LogP contribution in [0, 0.1) is 0 Å². The second kappa shape index (κ2) is 8.47. The van der Waals surface area contributed by atoms with E-state index in [2.05, 4.69) is 25.4 Å². The summed E-state index contributed by atoms with van der Waals surface area (Å²) in [5, 5.41) is 7.35. The predicted molar refractivity (Wildman–Crippen MR) is 118 cm³/mol. The van der Waals surface area contributed by atoms with Crippen LogP contribution in [-0.4, -0.2) is 42.4 Å². The summed E-state index contributed by atoms with van der Waals surface area (Å²) in [6, 6.07) is 3.68. The fourth-order valence-electron chi connectivity index (χ4n) is 4.10. The Morgan fingerprint density at radius 2 is 1.94 bits per heavy atom. The Kier molecular flexibility index (Phi) is 5.56. The highest BCUT2D eigenvalue weighted by Gasteiger charge is 2.32. The van der Waals surface area contributed by atoms with E-state index in [1.165, 1.54) is 18.3 Å².